The van der Waals surface area contributed by atoms with Gasteiger partial charge in [-0.25, -0.2) is 9.97 Å². The van der Waals surface area contributed by atoms with Gasteiger partial charge in [-0.05, 0) is 49.3 Å². The van der Waals surface area contributed by atoms with Crippen LogP contribution in [0.3, 0.4) is 0 Å². The molecule has 0 atom stereocenters. The molecule has 0 spiro atoms. The molecule has 27 heavy (non-hydrogen) atoms. The lowest BCUT2D eigenvalue weighted by Crippen LogP contribution is -2.43. The summed E-state index contributed by atoms with van der Waals surface area (Å²) in [6.45, 7) is 2.08. The number of hydrogen-bond donors (Lipinski definition) is 1. The van der Waals surface area contributed by atoms with Crippen LogP contribution in [-0.2, 0) is 4.79 Å². The van der Waals surface area contributed by atoms with Gasteiger partial charge in [0.25, 0.3) is 5.91 Å². The largest absolute Gasteiger partial charge is 0.356 e. The third kappa shape index (κ3) is 4.32. The minimum Gasteiger partial charge on any atom is -0.356 e. The zero-order chi connectivity index (χ0) is 18.6. The second-order valence-corrected chi connectivity index (χ2v) is 7.46. The van der Waals surface area contributed by atoms with Gasteiger partial charge in [-0.2, -0.15) is 0 Å². The minimum absolute atomic E-state index is 0.0303. The number of benzene rings is 1. The number of nitrogens with one attached hydrogen (secondary N) is 1. The van der Waals surface area contributed by atoms with Crippen molar-refractivity contribution in [3.8, 4) is 11.1 Å². The number of aromatic nitrogens is 2. The number of carbonyl (C=O) groups excluding carboxylic acids is 2. The summed E-state index contributed by atoms with van der Waals surface area (Å²) in [5.74, 6) is 0.917. The van der Waals surface area contributed by atoms with Crippen molar-refractivity contribution in [1.82, 2.24) is 20.2 Å². The zero-order valence-electron chi connectivity index (χ0n) is 15.3. The van der Waals surface area contributed by atoms with Crippen LogP contribution in [0.15, 0.2) is 43.0 Å². The molecule has 6 nitrogen and oxygen atoms in total. The maximum Gasteiger partial charge on any atom is 0.253 e. The zero-order valence-corrected chi connectivity index (χ0v) is 15.3. The van der Waals surface area contributed by atoms with Gasteiger partial charge in [0.2, 0.25) is 5.91 Å². The fourth-order valence-corrected chi connectivity index (χ4v) is 3.49. The van der Waals surface area contributed by atoms with Crippen LogP contribution in [0.5, 0.6) is 0 Å². The Balaban J connectivity index is 1.31. The molecule has 140 valence electrons. The van der Waals surface area contributed by atoms with E-state index in [0.29, 0.717) is 24.6 Å². The van der Waals surface area contributed by atoms with E-state index in [0.717, 1.165) is 30.5 Å². The predicted octanol–water partition coefficient (Wildman–Crippen LogP) is 2.52. The lowest BCUT2D eigenvalue weighted by Gasteiger charge is -2.31. The Bertz CT molecular complexity index is 795. The van der Waals surface area contributed by atoms with Crippen molar-refractivity contribution in [3.05, 3.63) is 48.5 Å². The van der Waals surface area contributed by atoms with E-state index in [1.807, 2.05) is 29.2 Å². The monoisotopic (exact) mass is 364 g/mol. The summed E-state index contributed by atoms with van der Waals surface area (Å²) >= 11 is 0. The average Bonchev–Trinajstić information content (AvgIpc) is 3.57. The molecule has 2 aromatic rings. The number of nitrogens with zero attached hydrogens (tertiary/aromatic N) is 3. The number of carbonyl (C=O) groups is 2. The van der Waals surface area contributed by atoms with E-state index in [4.69, 9.17) is 0 Å². The van der Waals surface area contributed by atoms with E-state index in [9.17, 15) is 9.59 Å². The molecule has 2 amide bonds. The molecular formula is C21H24N4O2. The highest BCUT2D eigenvalue weighted by atomic mass is 16.2. The minimum atomic E-state index is 0.0303. The molecule has 4 rings (SSSR count). The van der Waals surface area contributed by atoms with Crippen molar-refractivity contribution in [2.75, 3.05) is 19.6 Å². The Morgan fingerprint density at radius 3 is 2.26 bits per heavy atom. The summed E-state index contributed by atoms with van der Waals surface area (Å²) in [6, 6.07) is 7.53. The third-order valence-corrected chi connectivity index (χ3v) is 5.44. The van der Waals surface area contributed by atoms with Gasteiger partial charge in [0.15, 0.2) is 0 Å². The highest BCUT2D eigenvalue weighted by Gasteiger charge is 2.29. The van der Waals surface area contributed by atoms with E-state index < -0.39 is 0 Å². The molecule has 0 unspecified atom stereocenters. The molecule has 2 heterocycles. The number of rotatable bonds is 5. The number of likely N-dealkylation sites (tertiary alicyclic amines) is 1. The first-order chi connectivity index (χ1) is 13.2. The summed E-state index contributed by atoms with van der Waals surface area (Å²) in [4.78, 5) is 34.9. The summed E-state index contributed by atoms with van der Waals surface area (Å²) in [7, 11) is 0. The van der Waals surface area contributed by atoms with E-state index in [1.165, 1.54) is 19.2 Å². The van der Waals surface area contributed by atoms with Gasteiger partial charge < -0.3 is 10.2 Å². The van der Waals surface area contributed by atoms with Crippen LogP contribution < -0.4 is 5.32 Å². The van der Waals surface area contributed by atoms with Crippen LogP contribution in [0.1, 0.15) is 36.0 Å². The lowest BCUT2D eigenvalue weighted by atomic mass is 9.95. The topological polar surface area (TPSA) is 75.2 Å². The van der Waals surface area contributed by atoms with Crippen molar-refractivity contribution in [3.63, 3.8) is 0 Å². The van der Waals surface area contributed by atoms with Gasteiger partial charge in [0, 0.05) is 49.1 Å². The molecule has 1 aromatic heterocycles. The van der Waals surface area contributed by atoms with Crippen molar-refractivity contribution in [2.24, 2.45) is 11.8 Å². The highest BCUT2D eigenvalue weighted by molar-refractivity contribution is 5.95. The molecule has 1 N–H and O–H groups in total. The van der Waals surface area contributed by atoms with Gasteiger partial charge in [0.1, 0.15) is 6.33 Å². The molecule has 0 radical (unpaired) electrons. The Morgan fingerprint density at radius 1 is 0.963 bits per heavy atom. The van der Waals surface area contributed by atoms with Crippen LogP contribution in [0.2, 0.25) is 0 Å². The molecule has 2 aliphatic rings. The Hall–Kier alpha value is -2.76. The molecule has 1 aromatic carbocycles. The van der Waals surface area contributed by atoms with Crippen LogP contribution in [0.4, 0.5) is 0 Å². The molecule has 6 heteroatoms. The van der Waals surface area contributed by atoms with Crippen LogP contribution in [0, 0.1) is 11.8 Å². The third-order valence-electron chi connectivity index (χ3n) is 5.44. The van der Waals surface area contributed by atoms with E-state index in [2.05, 4.69) is 15.3 Å². The molecule has 1 aliphatic heterocycles. The van der Waals surface area contributed by atoms with Gasteiger partial charge in [-0.1, -0.05) is 12.1 Å². The number of hydrogen-bond acceptors (Lipinski definition) is 4. The Morgan fingerprint density at radius 2 is 1.63 bits per heavy atom. The maximum atomic E-state index is 12.7. The Labute approximate surface area is 159 Å². The maximum absolute atomic E-state index is 12.7. The highest BCUT2D eigenvalue weighted by Crippen LogP contribution is 2.28. The van der Waals surface area contributed by atoms with E-state index >= 15 is 0 Å². The second kappa shape index (κ2) is 7.86. The second-order valence-electron chi connectivity index (χ2n) is 7.46. The first-order valence-corrected chi connectivity index (χ1v) is 9.63. The normalized spacial score (nSPS) is 17.6. The molecule has 1 saturated carbocycles. The quantitative estimate of drug-likeness (QED) is 0.885. The van der Waals surface area contributed by atoms with Gasteiger partial charge in [-0.15, -0.1) is 0 Å². The van der Waals surface area contributed by atoms with Crippen molar-refractivity contribution in [1.29, 1.82) is 0 Å². The van der Waals surface area contributed by atoms with Crippen molar-refractivity contribution >= 4 is 11.8 Å². The average molecular weight is 364 g/mol. The van der Waals surface area contributed by atoms with E-state index in [1.54, 1.807) is 12.4 Å². The molecule has 1 saturated heterocycles. The van der Waals surface area contributed by atoms with Crippen LogP contribution in [-0.4, -0.2) is 46.3 Å². The lowest BCUT2D eigenvalue weighted by molar-refractivity contribution is -0.126. The number of piperidine rings is 1. The van der Waals surface area contributed by atoms with Gasteiger partial charge >= 0.3 is 0 Å². The molecule has 0 bridgehead atoms. The van der Waals surface area contributed by atoms with E-state index in [-0.39, 0.29) is 17.7 Å². The number of amides is 2. The van der Waals surface area contributed by atoms with Crippen LogP contribution >= 0.6 is 0 Å². The molecule has 1 aliphatic carbocycles. The van der Waals surface area contributed by atoms with Gasteiger partial charge in [-0.3, -0.25) is 9.59 Å². The summed E-state index contributed by atoms with van der Waals surface area (Å²) in [5.41, 5.74) is 2.58. The molecule has 2 fully saturated rings. The van der Waals surface area contributed by atoms with Crippen LogP contribution in [0.25, 0.3) is 11.1 Å². The summed E-state index contributed by atoms with van der Waals surface area (Å²) < 4.78 is 0. The fraction of sp³-hybridized carbons (Fsp3) is 0.429. The summed E-state index contributed by atoms with van der Waals surface area (Å²) in [5, 5.41) is 3.06. The van der Waals surface area contributed by atoms with Crippen molar-refractivity contribution < 1.29 is 9.59 Å². The Kier molecular flexibility index (Phi) is 5.14. The van der Waals surface area contributed by atoms with Crippen molar-refractivity contribution in [2.45, 2.75) is 25.7 Å². The summed E-state index contributed by atoms with van der Waals surface area (Å²) in [6.07, 6.45) is 8.96. The molecular weight excluding hydrogens is 340 g/mol. The smallest absolute Gasteiger partial charge is 0.253 e. The van der Waals surface area contributed by atoms with Gasteiger partial charge in [0.05, 0.1) is 0 Å². The standard InChI is InChI=1S/C21H24N4O2/c26-20(24-11-15-1-2-15)17-7-9-25(10-8-17)21(27)18-5-3-16(4-6-18)19-12-22-14-23-13-19/h3-6,12-15,17H,1-2,7-11H2,(H,24,26). The fourth-order valence-electron chi connectivity index (χ4n) is 3.49. The predicted molar refractivity (Wildman–Crippen MR) is 102 cm³/mol. The first kappa shape index (κ1) is 17.6. The first-order valence-electron chi connectivity index (χ1n) is 9.63. The SMILES string of the molecule is O=C(NCC1CC1)C1CCN(C(=O)c2ccc(-c3cncnc3)cc2)CC1.